The number of phosphoric acid groups is 2. The molecule has 6 rings (SSSR count). The number of phosphoric ester groups is 2. The van der Waals surface area contributed by atoms with Crippen molar-refractivity contribution in [2.75, 3.05) is 0 Å². The van der Waals surface area contributed by atoms with Crippen LogP contribution in [0.3, 0.4) is 0 Å². The van der Waals surface area contributed by atoms with Gasteiger partial charge in [-0.05, 0) is 135 Å². The Bertz CT molecular complexity index is 2020. The highest BCUT2D eigenvalue weighted by Gasteiger charge is 2.37. The van der Waals surface area contributed by atoms with Gasteiger partial charge in [0, 0.05) is 0 Å². The molecule has 6 aromatic carbocycles. The molecule has 54 heavy (non-hydrogen) atoms. The highest BCUT2D eigenvalue weighted by Crippen LogP contribution is 2.54. The van der Waals surface area contributed by atoms with Gasteiger partial charge in [0.05, 0.1) is 0 Å². The maximum absolute atomic E-state index is 14.4. The first kappa shape index (κ1) is 38.3. The Kier molecular flexibility index (Phi) is 11.3. The van der Waals surface area contributed by atoms with Crippen molar-refractivity contribution in [3.63, 3.8) is 0 Å². The third-order valence-electron chi connectivity index (χ3n) is 8.92. The Morgan fingerprint density at radius 2 is 0.500 bits per heavy atom. The summed E-state index contributed by atoms with van der Waals surface area (Å²) < 4.78 is 65.4. The second-order valence-electron chi connectivity index (χ2n) is 13.4. The zero-order valence-electron chi connectivity index (χ0n) is 31.7. The average molecular weight is 763 g/mol. The highest BCUT2D eigenvalue weighted by molar-refractivity contribution is 7.50. The third-order valence-corrected chi connectivity index (χ3v) is 11.4. The molecule has 0 amide bonds. The van der Waals surface area contributed by atoms with Crippen LogP contribution in [0.4, 0.5) is 0 Å². The SMILES string of the molecule is Cc1cccc(C)c1OP(=O)(Oc1ccc(-c2ccc(OP(=O)(Oc3c(C)cccc3C)Oc3c(C)cccc3C)cc2)cc1)Oc1c(C)cccc1C. The Balaban J connectivity index is 1.24. The summed E-state index contributed by atoms with van der Waals surface area (Å²) in [7, 11) is -8.47. The standard InChI is InChI=1S/C44H44O8P2/c1-29-13-9-14-30(2)41(29)49-53(45,50-42-31(3)15-10-16-32(42)4)47-39-25-21-37(22-26-39)38-23-27-40(28-24-38)48-54(46,51-43-33(5)17-11-18-34(43)6)52-44-35(7)19-12-20-36(44)8/h9-28H,1-8H3. The number of aryl methyl sites for hydroxylation is 8. The lowest BCUT2D eigenvalue weighted by atomic mass is 10.1. The van der Waals surface area contributed by atoms with Crippen LogP contribution in [0.15, 0.2) is 121 Å². The molecule has 0 saturated heterocycles. The quantitative estimate of drug-likeness (QED) is 0.107. The molecule has 0 radical (unpaired) electrons. The van der Waals surface area contributed by atoms with E-state index in [1.54, 1.807) is 24.3 Å². The first-order chi connectivity index (χ1) is 25.7. The lowest BCUT2D eigenvalue weighted by Crippen LogP contribution is -2.10. The molecule has 0 aliphatic heterocycles. The molecule has 6 aromatic rings. The van der Waals surface area contributed by atoms with Crippen LogP contribution >= 0.6 is 15.6 Å². The molecule has 0 bridgehead atoms. The minimum atomic E-state index is -4.24. The van der Waals surface area contributed by atoms with E-state index in [1.807, 2.05) is 152 Å². The topological polar surface area (TPSA) is 89.5 Å². The van der Waals surface area contributed by atoms with Crippen molar-refractivity contribution in [3.8, 4) is 45.6 Å². The number of rotatable bonds is 13. The van der Waals surface area contributed by atoms with Crippen LogP contribution in [0.5, 0.6) is 34.5 Å². The van der Waals surface area contributed by atoms with Crippen molar-refractivity contribution >= 4 is 15.6 Å². The van der Waals surface area contributed by atoms with Gasteiger partial charge in [-0.3, -0.25) is 0 Å². The van der Waals surface area contributed by atoms with Gasteiger partial charge in [-0.15, -0.1) is 0 Å². The van der Waals surface area contributed by atoms with Gasteiger partial charge in [-0.2, -0.15) is 9.13 Å². The number of benzene rings is 6. The molecular weight excluding hydrogens is 718 g/mol. The van der Waals surface area contributed by atoms with Gasteiger partial charge in [0.25, 0.3) is 0 Å². The second-order valence-corrected chi connectivity index (χ2v) is 16.3. The summed E-state index contributed by atoms with van der Waals surface area (Å²) in [4.78, 5) is 0. The van der Waals surface area contributed by atoms with Crippen molar-refractivity contribution in [1.82, 2.24) is 0 Å². The average Bonchev–Trinajstić information content (AvgIpc) is 3.12. The van der Waals surface area contributed by atoms with Gasteiger partial charge in [0.2, 0.25) is 0 Å². The maximum Gasteiger partial charge on any atom is 0.647 e. The van der Waals surface area contributed by atoms with E-state index < -0.39 is 15.6 Å². The van der Waals surface area contributed by atoms with Gasteiger partial charge in [0.15, 0.2) is 0 Å². The van der Waals surface area contributed by atoms with E-state index in [-0.39, 0.29) is 0 Å². The van der Waals surface area contributed by atoms with Gasteiger partial charge in [0.1, 0.15) is 34.5 Å². The Morgan fingerprint density at radius 1 is 0.296 bits per heavy atom. The summed E-state index contributed by atoms with van der Waals surface area (Å²) in [6.07, 6.45) is 0. The van der Waals surface area contributed by atoms with Crippen molar-refractivity contribution < 1.29 is 36.3 Å². The van der Waals surface area contributed by atoms with E-state index in [9.17, 15) is 9.13 Å². The fourth-order valence-electron chi connectivity index (χ4n) is 6.01. The number of hydrogen-bond donors (Lipinski definition) is 0. The Hall–Kier alpha value is -5.42. The predicted molar refractivity (Wildman–Crippen MR) is 215 cm³/mol. The monoisotopic (exact) mass is 762 g/mol. The molecule has 0 N–H and O–H groups in total. The summed E-state index contributed by atoms with van der Waals surface area (Å²) >= 11 is 0. The minimum Gasteiger partial charge on any atom is -0.386 e. The normalized spacial score (nSPS) is 11.5. The van der Waals surface area contributed by atoms with E-state index >= 15 is 0 Å². The number of para-hydroxylation sites is 4. The van der Waals surface area contributed by atoms with E-state index in [1.165, 1.54) is 0 Å². The highest BCUT2D eigenvalue weighted by atomic mass is 31.2. The lowest BCUT2D eigenvalue weighted by Gasteiger charge is -2.23. The zero-order chi connectivity index (χ0) is 38.6. The van der Waals surface area contributed by atoms with Gasteiger partial charge >= 0.3 is 15.6 Å². The van der Waals surface area contributed by atoms with Crippen molar-refractivity contribution in [1.29, 1.82) is 0 Å². The summed E-state index contributed by atoms with van der Waals surface area (Å²) in [5, 5.41) is 0. The first-order valence-corrected chi connectivity index (χ1v) is 20.5. The maximum atomic E-state index is 14.4. The van der Waals surface area contributed by atoms with E-state index in [0.717, 1.165) is 55.6 Å². The molecule has 0 aromatic heterocycles. The van der Waals surface area contributed by atoms with E-state index in [4.69, 9.17) is 27.1 Å². The molecule has 10 heteroatoms. The fraction of sp³-hybridized carbons (Fsp3) is 0.182. The zero-order valence-corrected chi connectivity index (χ0v) is 33.5. The van der Waals surface area contributed by atoms with Crippen LogP contribution in [0.2, 0.25) is 0 Å². The second kappa shape index (κ2) is 15.9. The predicted octanol–water partition coefficient (Wildman–Crippen LogP) is 13.1. The molecule has 8 nitrogen and oxygen atoms in total. The molecular formula is C44H44O8P2. The third kappa shape index (κ3) is 8.85. The molecule has 0 atom stereocenters. The molecule has 0 fully saturated rings. The van der Waals surface area contributed by atoms with Crippen LogP contribution in [-0.4, -0.2) is 0 Å². The van der Waals surface area contributed by atoms with Crippen LogP contribution in [0.25, 0.3) is 11.1 Å². The smallest absolute Gasteiger partial charge is 0.386 e. The van der Waals surface area contributed by atoms with Gasteiger partial charge in [-0.1, -0.05) is 97.1 Å². The number of hydrogen-bond acceptors (Lipinski definition) is 8. The van der Waals surface area contributed by atoms with Crippen molar-refractivity contribution in [3.05, 3.63) is 166 Å². The fourth-order valence-corrected chi connectivity index (χ4v) is 9.04. The Morgan fingerprint density at radius 3 is 0.704 bits per heavy atom. The molecule has 0 spiro atoms. The lowest BCUT2D eigenvalue weighted by molar-refractivity contribution is 0.294. The summed E-state index contributed by atoms with van der Waals surface area (Å²) in [5.74, 6) is 2.35. The first-order valence-electron chi connectivity index (χ1n) is 17.6. The van der Waals surface area contributed by atoms with Crippen LogP contribution in [0, 0.1) is 55.4 Å². The van der Waals surface area contributed by atoms with Gasteiger partial charge in [-0.25, -0.2) is 0 Å². The summed E-state index contributed by atoms with van der Waals surface area (Å²) in [6.45, 7) is 15.0. The Labute approximate surface area is 317 Å². The van der Waals surface area contributed by atoms with E-state index in [0.29, 0.717) is 34.5 Å². The van der Waals surface area contributed by atoms with Crippen LogP contribution in [-0.2, 0) is 9.13 Å². The molecule has 0 aliphatic rings. The minimum absolute atomic E-state index is 0.299. The van der Waals surface area contributed by atoms with Crippen molar-refractivity contribution in [2.45, 2.75) is 55.4 Å². The molecule has 0 heterocycles. The van der Waals surface area contributed by atoms with E-state index in [2.05, 4.69) is 0 Å². The molecule has 278 valence electrons. The molecule has 0 unspecified atom stereocenters. The van der Waals surface area contributed by atoms with Crippen LogP contribution < -0.4 is 27.1 Å². The van der Waals surface area contributed by atoms with Crippen LogP contribution in [0.1, 0.15) is 44.5 Å². The largest absolute Gasteiger partial charge is 0.647 e. The molecule has 0 aliphatic carbocycles. The summed E-state index contributed by atoms with van der Waals surface area (Å²) in [6, 6.07) is 36.9. The molecule has 0 saturated carbocycles. The summed E-state index contributed by atoms with van der Waals surface area (Å²) in [5.41, 5.74) is 8.11. The van der Waals surface area contributed by atoms with Gasteiger partial charge < -0.3 is 27.1 Å². The van der Waals surface area contributed by atoms with Crippen molar-refractivity contribution in [2.24, 2.45) is 0 Å².